The Kier molecular flexibility index (Phi) is 1.19. The number of nitrogens with two attached hydrogens (primary N) is 1. The molecular formula is C9H7N3S. The lowest BCUT2D eigenvalue weighted by atomic mass is 10.3. The number of nitrogens with zero attached hydrogens (tertiary/aromatic N) is 2. The number of fused-ring (bicyclic) bond motifs is 3. The third kappa shape index (κ3) is 0.805. The van der Waals surface area contributed by atoms with Crippen LogP contribution in [0.4, 0.5) is 5.69 Å². The molecule has 3 heterocycles. The van der Waals surface area contributed by atoms with E-state index < -0.39 is 0 Å². The van der Waals surface area contributed by atoms with E-state index in [1.54, 1.807) is 17.5 Å². The van der Waals surface area contributed by atoms with Crippen LogP contribution in [0.15, 0.2) is 29.9 Å². The first-order valence-electron chi connectivity index (χ1n) is 3.95. The van der Waals surface area contributed by atoms with E-state index in [2.05, 4.69) is 9.38 Å². The number of rotatable bonds is 0. The molecule has 0 aliphatic carbocycles. The zero-order valence-corrected chi connectivity index (χ0v) is 7.58. The van der Waals surface area contributed by atoms with Gasteiger partial charge in [-0.05, 0) is 12.1 Å². The van der Waals surface area contributed by atoms with Crippen LogP contribution in [0.2, 0.25) is 0 Å². The second-order valence-corrected chi connectivity index (χ2v) is 3.76. The first-order chi connectivity index (χ1) is 6.36. The molecule has 0 radical (unpaired) electrons. The molecular weight excluding hydrogens is 182 g/mol. The summed E-state index contributed by atoms with van der Waals surface area (Å²) in [7, 11) is 0. The minimum Gasteiger partial charge on any atom is -0.398 e. The number of aromatic nitrogens is 2. The van der Waals surface area contributed by atoms with Crippen molar-refractivity contribution in [3.63, 3.8) is 0 Å². The molecule has 3 nitrogen and oxygen atoms in total. The molecule has 0 spiro atoms. The van der Waals surface area contributed by atoms with Crippen molar-refractivity contribution in [3.05, 3.63) is 29.9 Å². The molecule has 64 valence electrons. The van der Waals surface area contributed by atoms with E-state index in [0.717, 1.165) is 21.6 Å². The van der Waals surface area contributed by atoms with Gasteiger partial charge in [-0.3, -0.25) is 4.40 Å². The first kappa shape index (κ1) is 6.91. The van der Waals surface area contributed by atoms with Gasteiger partial charge in [-0.25, -0.2) is 4.98 Å². The summed E-state index contributed by atoms with van der Waals surface area (Å²) in [5.41, 5.74) is 7.62. The van der Waals surface area contributed by atoms with Crippen molar-refractivity contribution in [2.45, 2.75) is 0 Å². The van der Waals surface area contributed by atoms with Crippen LogP contribution in [0, 0.1) is 0 Å². The van der Waals surface area contributed by atoms with Gasteiger partial charge in [0.15, 0.2) is 0 Å². The maximum atomic E-state index is 5.81. The highest BCUT2D eigenvalue weighted by Gasteiger charge is 2.04. The Morgan fingerprint density at radius 3 is 3.23 bits per heavy atom. The lowest BCUT2D eigenvalue weighted by Crippen LogP contribution is -1.84. The molecule has 0 aliphatic rings. The van der Waals surface area contributed by atoms with Gasteiger partial charge in [-0.2, -0.15) is 0 Å². The molecule has 0 amide bonds. The Bertz CT molecular complexity index is 579. The molecule has 4 heteroatoms. The smallest absolute Gasteiger partial charge is 0.137 e. The Labute approximate surface area is 78.4 Å². The molecule has 0 aliphatic heterocycles. The summed E-state index contributed by atoms with van der Waals surface area (Å²) in [5, 5.41) is 3.07. The predicted molar refractivity (Wildman–Crippen MR) is 55.0 cm³/mol. The zero-order chi connectivity index (χ0) is 8.84. The molecule has 0 unspecified atom stereocenters. The van der Waals surface area contributed by atoms with Crippen LogP contribution in [0.25, 0.3) is 15.9 Å². The number of hydrogen-bond donors (Lipinski definition) is 1. The summed E-state index contributed by atoms with van der Waals surface area (Å²) in [6, 6.07) is 3.99. The van der Waals surface area contributed by atoms with Gasteiger partial charge >= 0.3 is 0 Å². The van der Waals surface area contributed by atoms with Crippen LogP contribution in [-0.2, 0) is 0 Å². The van der Waals surface area contributed by atoms with E-state index in [-0.39, 0.29) is 0 Å². The van der Waals surface area contributed by atoms with Crippen molar-refractivity contribution in [1.29, 1.82) is 0 Å². The maximum Gasteiger partial charge on any atom is 0.137 e. The van der Waals surface area contributed by atoms with E-state index in [1.165, 1.54) is 0 Å². The Morgan fingerprint density at radius 1 is 1.38 bits per heavy atom. The Hall–Kier alpha value is -1.55. The highest BCUT2D eigenvalue weighted by atomic mass is 32.1. The summed E-state index contributed by atoms with van der Waals surface area (Å²) in [6.07, 6.45) is 3.75. The minimum absolute atomic E-state index is 0.843. The number of pyridine rings is 1. The van der Waals surface area contributed by atoms with Crippen molar-refractivity contribution in [3.8, 4) is 0 Å². The monoisotopic (exact) mass is 189 g/mol. The summed E-state index contributed by atoms with van der Waals surface area (Å²) >= 11 is 1.65. The standard InChI is InChI=1S/C9H7N3S/c10-7-5-13-9-6(7)1-2-8-11-3-4-12(8)9/h1-5H,10H2. The van der Waals surface area contributed by atoms with E-state index in [1.807, 2.05) is 23.7 Å². The molecule has 3 aromatic rings. The molecule has 0 saturated heterocycles. The van der Waals surface area contributed by atoms with Crippen LogP contribution in [0.1, 0.15) is 0 Å². The average molecular weight is 189 g/mol. The van der Waals surface area contributed by atoms with Crippen molar-refractivity contribution in [2.24, 2.45) is 0 Å². The quantitative estimate of drug-likeness (QED) is 0.588. The summed E-state index contributed by atoms with van der Waals surface area (Å²) in [5.74, 6) is 0. The largest absolute Gasteiger partial charge is 0.398 e. The first-order valence-corrected chi connectivity index (χ1v) is 4.83. The summed E-state index contributed by atoms with van der Waals surface area (Å²) in [4.78, 5) is 5.37. The molecule has 3 aromatic heterocycles. The van der Waals surface area contributed by atoms with Crippen molar-refractivity contribution < 1.29 is 0 Å². The van der Waals surface area contributed by atoms with Gasteiger partial charge in [0, 0.05) is 23.2 Å². The lowest BCUT2D eigenvalue weighted by Gasteiger charge is -1.95. The maximum absolute atomic E-state index is 5.81. The minimum atomic E-state index is 0.843. The van der Waals surface area contributed by atoms with Gasteiger partial charge in [0.25, 0.3) is 0 Å². The fourth-order valence-corrected chi connectivity index (χ4v) is 2.44. The van der Waals surface area contributed by atoms with Crippen molar-refractivity contribution >= 4 is 32.9 Å². The van der Waals surface area contributed by atoms with Gasteiger partial charge in [0.2, 0.25) is 0 Å². The van der Waals surface area contributed by atoms with Crippen LogP contribution in [-0.4, -0.2) is 9.38 Å². The van der Waals surface area contributed by atoms with Crippen LogP contribution < -0.4 is 5.73 Å². The highest BCUT2D eigenvalue weighted by molar-refractivity contribution is 7.17. The molecule has 0 fully saturated rings. The molecule has 0 aromatic carbocycles. The second kappa shape index (κ2) is 2.23. The van der Waals surface area contributed by atoms with E-state index in [9.17, 15) is 0 Å². The number of imidazole rings is 1. The van der Waals surface area contributed by atoms with Gasteiger partial charge in [-0.15, -0.1) is 11.3 Å². The molecule has 3 rings (SSSR count). The highest BCUT2D eigenvalue weighted by Crippen LogP contribution is 2.28. The van der Waals surface area contributed by atoms with Gasteiger partial charge in [0.1, 0.15) is 10.5 Å². The predicted octanol–water partition coefficient (Wildman–Crippen LogP) is 2.13. The summed E-state index contributed by atoms with van der Waals surface area (Å²) < 4.78 is 2.05. The fraction of sp³-hybridized carbons (Fsp3) is 0. The number of anilines is 1. The second-order valence-electron chi connectivity index (χ2n) is 2.90. The molecule has 0 atom stereocenters. The number of nitrogen functional groups attached to an aromatic ring is 1. The normalized spacial score (nSPS) is 11.4. The lowest BCUT2D eigenvalue weighted by molar-refractivity contribution is 1.28. The fourth-order valence-electron chi connectivity index (χ4n) is 1.49. The molecule has 13 heavy (non-hydrogen) atoms. The van der Waals surface area contributed by atoms with E-state index in [4.69, 9.17) is 5.73 Å². The van der Waals surface area contributed by atoms with Crippen LogP contribution in [0.5, 0.6) is 0 Å². The van der Waals surface area contributed by atoms with E-state index >= 15 is 0 Å². The molecule has 0 saturated carbocycles. The number of thiophene rings is 1. The Morgan fingerprint density at radius 2 is 2.31 bits per heavy atom. The topological polar surface area (TPSA) is 43.3 Å². The van der Waals surface area contributed by atoms with Crippen LogP contribution in [0.3, 0.4) is 0 Å². The molecule has 2 N–H and O–H groups in total. The van der Waals surface area contributed by atoms with Crippen molar-refractivity contribution in [1.82, 2.24) is 9.38 Å². The van der Waals surface area contributed by atoms with Gasteiger partial charge in [0.05, 0.1) is 5.69 Å². The SMILES string of the molecule is Nc1csc2c1ccc1nccn12. The third-order valence-corrected chi connectivity index (χ3v) is 3.14. The zero-order valence-electron chi connectivity index (χ0n) is 6.77. The molecule has 0 bridgehead atoms. The Balaban J connectivity index is 2.66. The van der Waals surface area contributed by atoms with Crippen LogP contribution >= 0.6 is 11.3 Å². The van der Waals surface area contributed by atoms with Crippen molar-refractivity contribution in [2.75, 3.05) is 5.73 Å². The number of hydrogen-bond acceptors (Lipinski definition) is 3. The third-order valence-electron chi connectivity index (χ3n) is 2.13. The van der Waals surface area contributed by atoms with Gasteiger partial charge < -0.3 is 5.73 Å². The average Bonchev–Trinajstić information content (AvgIpc) is 2.70. The van der Waals surface area contributed by atoms with Gasteiger partial charge in [-0.1, -0.05) is 0 Å². The van der Waals surface area contributed by atoms with E-state index in [0.29, 0.717) is 0 Å². The summed E-state index contributed by atoms with van der Waals surface area (Å²) in [6.45, 7) is 0.